The summed E-state index contributed by atoms with van der Waals surface area (Å²) in [6.07, 6.45) is 1.52. The predicted octanol–water partition coefficient (Wildman–Crippen LogP) is 2.51. The van der Waals surface area contributed by atoms with Crippen LogP contribution in [0.5, 0.6) is 5.75 Å². The summed E-state index contributed by atoms with van der Waals surface area (Å²) in [6, 6.07) is 16.0. The third-order valence-corrected chi connectivity index (χ3v) is 4.13. The molecule has 1 atom stereocenters. The van der Waals surface area contributed by atoms with Crippen molar-refractivity contribution in [2.24, 2.45) is 0 Å². The molecule has 3 aromatic rings. The highest BCUT2D eigenvalue weighted by Gasteiger charge is 2.28. The highest BCUT2D eigenvalue weighted by atomic mass is 16.5. The van der Waals surface area contributed by atoms with E-state index in [9.17, 15) is 9.59 Å². The number of hydrogen-bond donors (Lipinski definition) is 2. The van der Waals surface area contributed by atoms with Gasteiger partial charge in [-0.1, -0.05) is 24.3 Å². The minimum Gasteiger partial charge on any atom is -0.480 e. The van der Waals surface area contributed by atoms with Gasteiger partial charge in [-0.3, -0.25) is 4.79 Å². The second-order valence-electron chi connectivity index (χ2n) is 5.91. The van der Waals surface area contributed by atoms with Crippen LogP contribution in [0.25, 0.3) is 5.69 Å². The largest absolute Gasteiger partial charge is 0.480 e. The van der Waals surface area contributed by atoms with E-state index >= 15 is 0 Å². The van der Waals surface area contributed by atoms with E-state index in [-0.39, 0.29) is 11.6 Å². The van der Waals surface area contributed by atoms with Crippen molar-refractivity contribution >= 4 is 17.6 Å². The van der Waals surface area contributed by atoms with Crippen LogP contribution in [-0.4, -0.2) is 32.9 Å². The number of carboxylic acids is 1. The number of aromatic nitrogens is 2. The second kappa shape index (κ2) is 6.36. The minimum absolute atomic E-state index is 0.0449. The molecular formula is C19H15N3O4. The molecule has 1 aromatic heterocycles. The summed E-state index contributed by atoms with van der Waals surface area (Å²) in [4.78, 5) is 23.4. The zero-order chi connectivity index (χ0) is 18.1. The Bertz CT molecular complexity index is 971. The van der Waals surface area contributed by atoms with Crippen LogP contribution >= 0.6 is 0 Å². The van der Waals surface area contributed by atoms with E-state index in [1.807, 2.05) is 24.3 Å². The lowest BCUT2D eigenvalue weighted by atomic mass is 10.1. The number of ether oxygens (including phenoxy) is 1. The maximum atomic E-state index is 12.5. The number of nitrogens with zero attached hydrogens (tertiary/aromatic N) is 2. The number of fused-ring (bicyclic) bond motifs is 1. The smallest absolute Gasteiger partial charge is 0.356 e. The molecule has 26 heavy (non-hydrogen) atoms. The van der Waals surface area contributed by atoms with Crippen LogP contribution in [0.2, 0.25) is 0 Å². The SMILES string of the molecule is O=C(O)c1ccn(-c2cccc(NC(=O)C3Cc4ccccc4O3)c2)n1. The van der Waals surface area contributed by atoms with Crippen molar-refractivity contribution in [1.29, 1.82) is 0 Å². The molecule has 7 heteroatoms. The standard InChI is InChI=1S/C19H15N3O4/c23-18(17-10-12-4-1-2-7-16(12)26-17)20-13-5-3-6-14(11-13)22-9-8-15(21-22)19(24)25/h1-9,11,17H,10H2,(H,20,23)(H,24,25). The van der Waals surface area contributed by atoms with Crippen molar-refractivity contribution in [3.8, 4) is 11.4 Å². The first-order valence-corrected chi connectivity index (χ1v) is 8.05. The molecule has 1 amide bonds. The Kier molecular flexibility index (Phi) is 3.89. The summed E-state index contributed by atoms with van der Waals surface area (Å²) in [7, 11) is 0. The Morgan fingerprint density at radius 1 is 1.15 bits per heavy atom. The summed E-state index contributed by atoms with van der Waals surface area (Å²) < 4.78 is 7.14. The van der Waals surface area contributed by atoms with Gasteiger partial charge in [-0.05, 0) is 35.9 Å². The van der Waals surface area contributed by atoms with E-state index in [2.05, 4.69) is 10.4 Å². The molecule has 130 valence electrons. The maximum Gasteiger partial charge on any atom is 0.356 e. The van der Waals surface area contributed by atoms with Crippen molar-refractivity contribution in [2.45, 2.75) is 12.5 Å². The van der Waals surface area contributed by atoms with E-state index < -0.39 is 12.1 Å². The number of benzene rings is 2. The summed E-state index contributed by atoms with van der Waals surface area (Å²) in [5, 5.41) is 15.8. The van der Waals surface area contributed by atoms with Crippen LogP contribution < -0.4 is 10.1 Å². The molecule has 2 N–H and O–H groups in total. The van der Waals surface area contributed by atoms with Gasteiger partial charge in [-0.2, -0.15) is 5.10 Å². The quantitative estimate of drug-likeness (QED) is 0.755. The number of aromatic carboxylic acids is 1. The summed E-state index contributed by atoms with van der Waals surface area (Å²) >= 11 is 0. The van der Waals surface area contributed by atoms with Crippen molar-refractivity contribution in [3.63, 3.8) is 0 Å². The average molecular weight is 349 g/mol. The fourth-order valence-electron chi connectivity index (χ4n) is 2.86. The van der Waals surface area contributed by atoms with E-state index in [0.29, 0.717) is 17.8 Å². The zero-order valence-corrected chi connectivity index (χ0v) is 13.6. The van der Waals surface area contributed by atoms with Gasteiger partial charge in [0.1, 0.15) is 5.75 Å². The Balaban J connectivity index is 1.49. The Labute approximate surface area is 148 Å². The van der Waals surface area contributed by atoms with Gasteiger partial charge in [-0.25, -0.2) is 9.48 Å². The third kappa shape index (κ3) is 3.02. The van der Waals surface area contributed by atoms with Gasteiger partial charge in [0.15, 0.2) is 11.8 Å². The molecule has 0 bridgehead atoms. The molecule has 1 unspecified atom stereocenters. The van der Waals surface area contributed by atoms with Gasteiger partial charge < -0.3 is 15.2 Å². The lowest BCUT2D eigenvalue weighted by molar-refractivity contribution is -0.122. The van der Waals surface area contributed by atoms with Gasteiger partial charge in [0.05, 0.1) is 5.69 Å². The molecule has 2 aromatic carbocycles. The van der Waals surface area contributed by atoms with Crippen molar-refractivity contribution in [3.05, 3.63) is 72.1 Å². The molecule has 0 fully saturated rings. The number of nitrogens with one attached hydrogen (secondary N) is 1. The first-order chi connectivity index (χ1) is 12.6. The highest BCUT2D eigenvalue weighted by Crippen LogP contribution is 2.28. The molecule has 1 aliphatic rings. The minimum atomic E-state index is -1.09. The van der Waals surface area contributed by atoms with Crippen molar-refractivity contribution in [1.82, 2.24) is 9.78 Å². The lowest BCUT2D eigenvalue weighted by Crippen LogP contribution is -2.31. The topological polar surface area (TPSA) is 93.5 Å². The van der Waals surface area contributed by atoms with Gasteiger partial charge >= 0.3 is 5.97 Å². The molecule has 0 saturated heterocycles. The summed E-state index contributed by atoms with van der Waals surface area (Å²) in [5.74, 6) is -0.588. The normalized spacial score (nSPS) is 15.2. The maximum absolute atomic E-state index is 12.5. The Morgan fingerprint density at radius 3 is 2.77 bits per heavy atom. The fourth-order valence-corrected chi connectivity index (χ4v) is 2.86. The number of hydrogen-bond acceptors (Lipinski definition) is 4. The van der Waals surface area contributed by atoms with Crippen LogP contribution in [0.1, 0.15) is 16.1 Å². The molecular weight excluding hydrogens is 334 g/mol. The molecule has 0 radical (unpaired) electrons. The molecule has 4 rings (SSSR count). The highest BCUT2D eigenvalue weighted by molar-refractivity contribution is 5.95. The van der Waals surface area contributed by atoms with Crippen LogP contribution in [0, 0.1) is 0 Å². The molecule has 2 heterocycles. The van der Waals surface area contributed by atoms with E-state index in [1.165, 1.54) is 10.7 Å². The first kappa shape index (κ1) is 15.9. The lowest BCUT2D eigenvalue weighted by Gasteiger charge is -2.12. The Morgan fingerprint density at radius 2 is 2.00 bits per heavy atom. The summed E-state index contributed by atoms with van der Waals surface area (Å²) in [6.45, 7) is 0. The number of carboxylic acid groups (broad SMARTS) is 1. The van der Waals surface area contributed by atoms with Crippen LogP contribution in [0.15, 0.2) is 60.8 Å². The molecule has 0 aliphatic carbocycles. The predicted molar refractivity (Wildman–Crippen MR) is 93.7 cm³/mol. The molecule has 1 aliphatic heterocycles. The Hall–Kier alpha value is -3.61. The van der Waals surface area contributed by atoms with Gasteiger partial charge in [0.2, 0.25) is 0 Å². The number of carbonyl (C=O) groups is 2. The van der Waals surface area contributed by atoms with Crippen molar-refractivity contribution in [2.75, 3.05) is 5.32 Å². The monoisotopic (exact) mass is 349 g/mol. The van der Waals surface area contributed by atoms with Gasteiger partial charge in [0.25, 0.3) is 5.91 Å². The van der Waals surface area contributed by atoms with Crippen LogP contribution in [0.4, 0.5) is 5.69 Å². The molecule has 0 spiro atoms. The molecule has 0 saturated carbocycles. The first-order valence-electron chi connectivity index (χ1n) is 8.05. The number of rotatable bonds is 4. The van der Waals surface area contributed by atoms with E-state index in [1.54, 1.807) is 30.5 Å². The average Bonchev–Trinajstić information content (AvgIpc) is 3.29. The number of carbonyl (C=O) groups excluding carboxylic acids is 1. The van der Waals surface area contributed by atoms with E-state index in [4.69, 9.17) is 9.84 Å². The van der Waals surface area contributed by atoms with Crippen molar-refractivity contribution < 1.29 is 19.4 Å². The van der Waals surface area contributed by atoms with Gasteiger partial charge in [-0.15, -0.1) is 0 Å². The molecule has 7 nitrogen and oxygen atoms in total. The number of anilines is 1. The number of amides is 1. The van der Waals surface area contributed by atoms with Crippen LogP contribution in [0.3, 0.4) is 0 Å². The number of para-hydroxylation sites is 1. The third-order valence-electron chi connectivity index (χ3n) is 4.13. The summed E-state index contributed by atoms with van der Waals surface area (Å²) in [5.41, 5.74) is 2.20. The van der Waals surface area contributed by atoms with Gasteiger partial charge in [0, 0.05) is 18.3 Å². The zero-order valence-electron chi connectivity index (χ0n) is 13.6. The van der Waals surface area contributed by atoms with Crippen LogP contribution in [-0.2, 0) is 11.2 Å². The fraction of sp³-hybridized carbons (Fsp3) is 0.105. The second-order valence-corrected chi connectivity index (χ2v) is 5.91. The van der Waals surface area contributed by atoms with E-state index in [0.717, 1.165) is 11.3 Å².